The Morgan fingerprint density at radius 1 is 1.16 bits per heavy atom. The summed E-state index contributed by atoms with van der Waals surface area (Å²) in [5.41, 5.74) is 2.66. The van der Waals surface area contributed by atoms with Gasteiger partial charge in [0.15, 0.2) is 0 Å². The molecule has 5 rings (SSSR count). The summed E-state index contributed by atoms with van der Waals surface area (Å²) in [6, 6.07) is 10.3. The predicted molar refractivity (Wildman–Crippen MR) is 130 cm³/mol. The number of thiophene rings is 1. The van der Waals surface area contributed by atoms with Crippen molar-refractivity contribution in [2.45, 2.75) is 51.5 Å². The smallest absolute Gasteiger partial charge is 0.270 e. The SMILES string of the molecule is CC1CCCCC1NC(=O)C1CCCN(c2nc3c(-c4ccccc4)csc3c(=O)[nH]2)C1. The second kappa shape index (κ2) is 9.06. The first-order valence-electron chi connectivity index (χ1n) is 11.7. The van der Waals surface area contributed by atoms with Crippen molar-refractivity contribution in [1.29, 1.82) is 0 Å². The van der Waals surface area contributed by atoms with E-state index in [1.807, 2.05) is 35.7 Å². The number of aromatic nitrogens is 2. The fraction of sp³-hybridized carbons (Fsp3) is 0.480. The number of benzene rings is 1. The van der Waals surface area contributed by atoms with Crippen LogP contribution in [-0.4, -0.2) is 35.0 Å². The summed E-state index contributed by atoms with van der Waals surface area (Å²) in [7, 11) is 0. The van der Waals surface area contributed by atoms with Gasteiger partial charge in [0.05, 0.1) is 11.4 Å². The van der Waals surface area contributed by atoms with Gasteiger partial charge in [-0.3, -0.25) is 14.6 Å². The van der Waals surface area contributed by atoms with Crippen molar-refractivity contribution in [1.82, 2.24) is 15.3 Å². The minimum atomic E-state index is -0.111. The number of carbonyl (C=O) groups is 1. The first-order valence-corrected chi connectivity index (χ1v) is 12.6. The summed E-state index contributed by atoms with van der Waals surface area (Å²) >= 11 is 1.43. The van der Waals surface area contributed by atoms with E-state index in [1.54, 1.807) is 0 Å². The zero-order valence-electron chi connectivity index (χ0n) is 18.5. The Kier molecular flexibility index (Phi) is 6.00. The van der Waals surface area contributed by atoms with Crippen LogP contribution < -0.4 is 15.8 Å². The quantitative estimate of drug-likeness (QED) is 0.611. The van der Waals surface area contributed by atoms with Gasteiger partial charge in [-0.05, 0) is 37.2 Å². The lowest BCUT2D eigenvalue weighted by molar-refractivity contribution is -0.126. The molecule has 3 atom stereocenters. The molecule has 2 aromatic heterocycles. The van der Waals surface area contributed by atoms with Crippen molar-refractivity contribution in [3.05, 3.63) is 46.1 Å². The number of H-pyrrole nitrogens is 1. The Balaban J connectivity index is 1.37. The minimum absolute atomic E-state index is 0.0741. The van der Waals surface area contributed by atoms with Gasteiger partial charge in [0.2, 0.25) is 11.9 Å². The van der Waals surface area contributed by atoms with Gasteiger partial charge in [-0.25, -0.2) is 4.98 Å². The van der Waals surface area contributed by atoms with Gasteiger partial charge in [-0.2, -0.15) is 0 Å². The van der Waals surface area contributed by atoms with Gasteiger partial charge in [-0.15, -0.1) is 11.3 Å². The molecule has 2 aliphatic rings. The number of carbonyl (C=O) groups excluding carboxylic acids is 1. The number of piperidine rings is 1. The number of nitrogens with zero attached hydrogens (tertiary/aromatic N) is 2. The highest BCUT2D eigenvalue weighted by atomic mass is 32.1. The van der Waals surface area contributed by atoms with E-state index in [-0.39, 0.29) is 17.4 Å². The molecule has 6 nitrogen and oxygen atoms in total. The van der Waals surface area contributed by atoms with Gasteiger partial charge in [0, 0.05) is 30.1 Å². The maximum atomic E-state index is 13.0. The van der Waals surface area contributed by atoms with Crippen LogP contribution in [0.5, 0.6) is 0 Å². The van der Waals surface area contributed by atoms with Crippen LogP contribution in [0.1, 0.15) is 45.4 Å². The van der Waals surface area contributed by atoms with Gasteiger partial charge >= 0.3 is 0 Å². The molecule has 3 aromatic rings. The zero-order chi connectivity index (χ0) is 22.1. The molecule has 2 fully saturated rings. The Hall–Kier alpha value is -2.67. The van der Waals surface area contributed by atoms with E-state index in [0.29, 0.717) is 29.2 Å². The summed E-state index contributed by atoms with van der Waals surface area (Å²) in [5.74, 6) is 1.19. The Labute approximate surface area is 192 Å². The Morgan fingerprint density at radius 2 is 1.97 bits per heavy atom. The molecule has 2 N–H and O–H groups in total. The number of hydrogen-bond donors (Lipinski definition) is 2. The van der Waals surface area contributed by atoms with Crippen LogP contribution in [0, 0.1) is 11.8 Å². The number of fused-ring (bicyclic) bond motifs is 1. The molecule has 7 heteroatoms. The highest BCUT2D eigenvalue weighted by molar-refractivity contribution is 7.17. The Morgan fingerprint density at radius 3 is 2.78 bits per heavy atom. The average molecular weight is 451 g/mol. The third-order valence-electron chi connectivity index (χ3n) is 7.03. The molecule has 0 radical (unpaired) electrons. The van der Waals surface area contributed by atoms with E-state index >= 15 is 0 Å². The maximum Gasteiger partial charge on any atom is 0.270 e. The molecule has 0 spiro atoms. The van der Waals surface area contributed by atoms with Crippen LogP contribution in [0.4, 0.5) is 5.95 Å². The van der Waals surface area contributed by atoms with E-state index in [1.165, 1.54) is 30.6 Å². The lowest BCUT2D eigenvalue weighted by atomic mass is 9.85. The fourth-order valence-electron chi connectivity index (χ4n) is 5.10. The summed E-state index contributed by atoms with van der Waals surface area (Å²) in [6.45, 7) is 3.63. The number of nitrogens with one attached hydrogen (secondary N) is 2. The van der Waals surface area contributed by atoms with E-state index in [2.05, 4.69) is 22.1 Å². The minimum Gasteiger partial charge on any atom is -0.353 e. The lowest BCUT2D eigenvalue weighted by Gasteiger charge is -2.35. The second-order valence-electron chi connectivity index (χ2n) is 9.24. The molecule has 1 amide bonds. The van der Waals surface area contributed by atoms with Crippen molar-refractivity contribution in [2.75, 3.05) is 18.0 Å². The highest BCUT2D eigenvalue weighted by Crippen LogP contribution is 2.32. The molecule has 1 saturated heterocycles. The van der Waals surface area contributed by atoms with Crippen LogP contribution in [0.15, 0.2) is 40.5 Å². The number of rotatable bonds is 4. The van der Waals surface area contributed by atoms with Gasteiger partial charge in [0.25, 0.3) is 5.56 Å². The number of amides is 1. The average Bonchev–Trinajstić information content (AvgIpc) is 3.26. The van der Waals surface area contributed by atoms with Crippen molar-refractivity contribution in [3.8, 4) is 11.1 Å². The van der Waals surface area contributed by atoms with Crippen LogP contribution in [-0.2, 0) is 4.79 Å². The summed E-state index contributed by atoms with van der Waals surface area (Å²) < 4.78 is 0.644. The summed E-state index contributed by atoms with van der Waals surface area (Å²) in [4.78, 5) is 35.8. The highest BCUT2D eigenvalue weighted by Gasteiger charge is 2.30. The molecular weight excluding hydrogens is 420 g/mol. The Bertz CT molecular complexity index is 1160. The molecule has 1 aliphatic heterocycles. The van der Waals surface area contributed by atoms with Crippen molar-refractivity contribution in [3.63, 3.8) is 0 Å². The normalized spacial score (nSPS) is 23.9. The second-order valence-corrected chi connectivity index (χ2v) is 10.1. The molecule has 1 aliphatic carbocycles. The van der Waals surface area contributed by atoms with Crippen LogP contribution in [0.25, 0.3) is 21.3 Å². The van der Waals surface area contributed by atoms with Crippen LogP contribution >= 0.6 is 11.3 Å². The third-order valence-corrected chi connectivity index (χ3v) is 8.00. The number of aromatic amines is 1. The first-order chi connectivity index (χ1) is 15.6. The standard InChI is InChI=1S/C25H30N4O2S/c1-16-8-5-6-12-20(16)26-23(30)18-11-7-13-29(14-18)25-27-21-19(17-9-3-2-4-10-17)15-32-22(21)24(31)28-25/h2-4,9-10,15-16,18,20H,5-8,11-14H2,1H3,(H,26,30)(H,27,28,31). The number of anilines is 1. The fourth-order valence-corrected chi connectivity index (χ4v) is 6.01. The van der Waals surface area contributed by atoms with Crippen LogP contribution in [0.3, 0.4) is 0 Å². The number of hydrogen-bond acceptors (Lipinski definition) is 5. The van der Waals surface area contributed by atoms with Crippen molar-refractivity contribution < 1.29 is 4.79 Å². The molecule has 3 unspecified atom stereocenters. The van der Waals surface area contributed by atoms with Gasteiger partial charge < -0.3 is 10.2 Å². The van der Waals surface area contributed by atoms with Crippen molar-refractivity contribution in [2.24, 2.45) is 11.8 Å². The van der Waals surface area contributed by atoms with E-state index in [9.17, 15) is 9.59 Å². The summed E-state index contributed by atoms with van der Waals surface area (Å²) in [5, 5.41) is 5.33. The van der Waals surface area contributed by atoms with Crippen molar-refractivity contribution >= 4 is 33.4 Å². The summed E-state index contributed by atoms with van der Waals surface area (Å²) in [6.07, 6.45) is 6.52. The molecule has 1 saturated carbocycles. The molecule has 1 aromatic carbocycles. The van der Waals surface area contributed by atoms with Crippen LogP contribution in [0.2, 0.25) is 0 Å². The molecule has 0 bridgehead atoms. The van der Waals surface area contributed by atoms with Gasteiger partial charge in [-0.1, -0.05) is 50.1 Å². The molecular formula is C25H30N4O2S. The molecule has 168 valence electrons. The topological polar surface area (TPSA) is 78.1 Å². The zero-order valence-corrected chi connectivity index (χ0v) is 19.3. The van der Waals surface area contributed by atoms with E-state index in [0.717, 1.165) is 42.5 Å². The first kappa shape index (κ1) is 21.2. The van der Waals surface area contributed by atoms with Gasteiger partial charge in [0.1, 0.15) is 4.70 Å². The predicted octanol–water partition coefficient (Wildman–Crippen LogP) is 4.56. The third kappa shape index (κ3) is 4.18. The largest absolute Gasteiger partial charge is 0.353 e. The monoisotopic (exact) mass is 450 g/mol. The molecule has 3 heterocycles. The molecule has 32 heavy (non-hydrogen) atoms. The lowest BCUT2D eigenvalue weighted by Crippen LogP contribution is -2.48. The van der Waals surface area contributed by atoms with E-state index < -0.39 is 0 Å². The van der Waals surface area contributed by atoms with E-state index in [4.69, 9.17) is 4.98 Å². The maximum absolute atomic E-state index is 13.0.